The Bertz CT molecular complexity index is 489. The van der Waals surface area contributed by atoms with Gasteiger partial charge in [-0.15, -0.1) is 0 Å². The first kappa shape index (κ1) is 16.8. The summed E-state index contributed by atoms with van der Waals surface area (Å²) in [4.78, 5) is 4.35. The average molecular weight is 305 g/mol. The van der Waals surface area contributed by atoms with E-state index in [0.29, 0.717) is 19.2 Å². The zero-order valence-electron chi connectivity index (χ0n) is 13.4. The number of unbranched alkanes of at least 4 members (excludes halogenated alkanes) is 1. The Hall–Kier alpha value is -1.59. The molecular formula is C17H27N3O2. The van der Waals surface area contributed by atoms with Crippen LogP contribution in [0.3, 0.4) is 0 Å². The maximum atomic E-state index is 5.92. The summed E-state index contributed by atoms with van der Waals surface area (Å²) in [5.74, 6) is 0.484. The monoisotopic (exact) mass is 305 g/mol. The molecule has 0 radical (unpaired) electrons. The number of ether oxygens (including phenoxy) is 2. The molecule has 0 saturated carbocycles. The number of anilines is 1. The molecule has 0 bridgehead atoms. The first-order chi connectivity index (χ1) is 10.8. The number of guanidine groups is 1. The topological polar surface area (TPSA) is 68.9 Å². The zero-order valence-corrected chi connectivity index (χ0v) is 13.4. The van der Waals surface area contributed by atoms with Crippen LogP contribution in [-0.4, -0.2) is 39.4 Å². The molecular weight excluding hydrogens is 278 g/mol. The smallest absolute Gasteiger partial charge is 0.193 e. The summed E-state index contributed by atoms with van der Waals surface area (Å²) in [5, 5.41) is 3.17. The second-order valence-electron chi connectivity index (χ2n) is 5.54. The van der Waals surface area contributed by atoms with E-state index in [2.05, 4.69) is 28.5 Å². The summed E-state index contributed by atoms with van der Waals surface area (Å²) < 4.78 is 10.3. The number of benzene rings is 1. The summed E-state index contributed by atoms with van der Waals surface area (Å²) in [6, 6.07) is 6.46. The highest BCUT2D eigenvalue weighted by atomic mass is 16.5. The van der Waals surface area contributed by atoms with E-state index in [1.54, 1.807) is 7.11 Å². The van der Waals surface area contributed by atoms with Crippen LogP contribution in [0.4, 0.5) is 5.69 Å². The number of aliphatic imine (C=N–C) groups is 1. The summed E-state index contributed by atoms with van der Waals surface area (Å²) >= 11 is 0. The molecule has 0 saturated heterocycles. The van der Waals surface area contributed by atoms with Crippen LogP contribution in [-0.2, 0) is 22.3 Å². The van der Waals surface area contributed by atoms with Crippen LogP contribution in [0.15, 0.2) is 23.2 Å². The third-order valence-electron chi connectivity index (χ3n) is 3.78. The molecule has 1 aromatic carbocycles. The van der Waals surface area contributed by atoms with Gasteiger partial charge < -0.3 is 20.5 Å². The number of nitrogens with one attached hydrogen (secondary N) is 1. The predicted molar refractivity (Wildman–Crippen MR) is 90.5 cm³/mol. The minimum atomic E-state index is 0.484. The van der Waals surface area contributed by atoms with E-state index in [-0.39, 0.29) is 0 Å². The molecule has 0 aliphatic heterocycles. The number of fused-ring (bicyclic) bond motifs is 1. The van der Waals surface area contributed by atoms with Crippen molar-refractivity contribution in [3.05, 3.63) is 29.3 Å². The number of hydrogen-bond donors (Lipinski definition) is 2. The van der Waals surface area contributed by atoms with Crippen molar-refractivity contribution in [3.63, 3.8) is 0 Å². The van der Waals surface area contributed by atoms with Gasteiger partial charge in [-0.1, -0.05) is 6.07 Å². The molecule has 1 aliphatic rings. The maximum Gasteiger partial charge on any atom is 0.193 e. The molecule has 5 nitrogen and oxygen atoms in total. The summed E-state index contributed by atoms with van der Waals surface area (Å²) in [6.07, 6.45) is 5.59. The number of methoxy groups -OCH3 is 1. The van der Waals surface area contributed by atoms with Gasteiger partial charge in [-0.25, -0.2) is 0 Å². The van der Waals surface area contributed by atoms with Crippen molar-refractivity contribution >= 4 is 11.6 Å². The van der Waals surface area contributed by atoms with Gasteiger partial charge in [0.25, 0.3) is 0 Å². The van der Waals surface area contributed by atoms with Crippen molar-refractivity contribution < 1.29 is 9.47 Å². The van der Waals surface area contributed by atoms with Gasteiger partial charge in [-0.3, -0.25) is 4.99 Å². The molecule has 0 amide bonds. The van der Waals surface area contributed by atoms with Crippen LogP contribution in [0.5, 0.6) is 0 Å². The van der Waals surface area contributed by atoms with E-state index in [1.165, 1.54) is 30.4 Å². The fraction of sp³-hybridized carbons (Fsp3) is 0.588. The van der Waals surface area contributed by atoms with Gasteiger partial charge in [0, 0.05) is 25.9 Å². The number of aryl methyl sites for hydroxylation is 2. The van der Waals surface area contributed by atoms with Gasteiger partial charge in [-0.2, -0.15) is 0 Å². The van der Waals surface area contributed by atoms with Gasteiger partial charge in [0.2, 0.25) is 0 Å². The van der Waals surface area contributed by atoms with Crippen LogP contribution < -0.4 is 11.1 Å². The lowest BCUT2D eigenvalue weighted by Gasteiger charge is -2.08. The average Bonchev–Trinajstić information content (AvgIpc) is 2.97. The third kappa shape index (κ3) is 5.66. The lowest BCUT2D eigenvalue weighted by Crippen LogP contribution is -2.23. The molecule has 0 aromatic heterocycles. The highest BCUT2D eigenvalue weighted by molar-refractivity contribution is 5.92. The van der Waals surface area contributed by atoms with Crippen LogP contribution in [0.1, 0.15) is 30.4 Å². The lowest BCUT2D eigenvalue weighted by atomic mass is 10.1. The van der Waals surface area contributed by atoms with E-state index in [9.17, 15) is 0 Å². The minimum absolute atomic E-state index is 0.484. The molecule has 0 heterocycles. The molecule has 0 fully saturated rings. The van der Waals surface area contributed by atoms with Crippen LogP contribution in [0.25, 0.3) is 0 Å². The number of rotatable bonds is 9. The second kappa shape index (κ2) is 9.43. The number of nitrogens with two attached hydrogens (primary N) is 1. The number of nitrogens with zero attached hydrogens (tertiary/aromatic N) is 1. The molecule has 0 spiro atoms. The molecule has 3 N–H and O–H groups in total. The van der Waals surface area contributed by atoms with Gasteiger partial charge in [0.05, 0.1) is 13.2 Å². The SMILES string of the molecule is COCCOCCCCN=C(N)Nc1ccc2c(c1)CCC2. The maximum absolute atomic E-state index is 5.92. The first-order valence-electron chi connectivity index (χ1n) is 8.05. The van der Waals surface area contributed by atoms with Crippen molar-refractivity contribution in [2.75, 3.05) is 38.8 Å². The van der Waals surface area contributed by atoms with E-state index in [0.717, 1.165) is 31.7 Å². The van der Waals surface area contributed by atoms with Crippen molar-refractivity contribution in [2.24, 2.45) is 10.7 Å². The zero-order chi connectivity index (χ0) is 15.6. The van der Waals surface area contributed by atoms with E-state index in [1.807, 2.05) is 0 Å². The molecule has 5 heteroatoms. The Morgan fingerprint density at radius 2 is 2.05 bits per heavy atom. The Kier molecular flexibility index (Phi) is 7.19. The highest BCUT2D eigenvalue weighted by Gasteiger charge is 2.10. The third-order valence-corrected chi connectivity index (χ3v) is 3.78. The van der Waals surface area contributed by atoms with E-state index >= 15 is 0 Å². The van der Waals surface area contributed by atoms with E-state index < -0.39 is 0 Å². The van der Waals surface area contributed by atoms with Crippen LogP contribution in [0.2, 0.25) is 0 Å². The van der Waals surface area contributed by atoms with Gasteiger partial charge in [-0.05, 0) is 55.4 Å². The molecule has 2 rings (SSSR count). The van der Waals surface area contributed by atoms with Gasteiger partial charge in [0.15, 0.2) is 5.96 Å². The van der Waals surface area contributed by atoms with Crippen molar-refractivity contribution in [1.82, 2.24) is 0 Å². The first-order valence-corrected chi connectivity index (χ1v) is 8.05. The fourth-order valence-electron chi connectivity index (χ4n) is 2.60. The fourth-order valence-corrected chi connectivity index (χ4v) is 2.60. The number of hydrogen-bond acceptors (Lipinski definition) is 3. The standard InChI is InChI=1S/C17H27N3O2/c1-21-11-12-22-10-3-2-9-19-17(18)20-16-8-7-14-5-4-6-15(14)13-16/h7-8,13H,2-6,9-12H2,1H3,(H3,18,19,20). The minimum Gasteiger partial charge on any atom is -0.382 e. The Morgan fingerprint density at radius 1 is 1.18 bits per heavy atom. The normalized spacial score (nSPS) is 14.1. The molecule has 122 valence electrons. The summed E-state index contributed by atoms with van der Waals surface area (Å²) in [7, 11) is 1.68. The molecule has 0 atom stereocenters. The second-order valence-corrected chi connectivity index (χ2v) is 5.54. The Balaban J connectivity index is 1.63. The summed E-state index contributed by atoms with van der Waals surface area (Å²) in [6.45, 7) is 2.77. The Morgan fingerprint density at radius 3 is 2.91 bits per heavy atom. The van der Waals surface area contributed by atoms with Gasteiger partial charge >= 0.3 is 0 Å². The lowest BCUT2D eigenvalue weighted by molar-refractivity contribution is 0.0690. The highest BCUT2D eigenvalue weighted by Crippen LogP contribution is 2.24. The van der Waals surface area contributed by atoms with E-state index in [4.69, 9.17) is 15.2 Å². The van der Waals surface area contributed by atoms with Crippen LogP contribution >= 0.6 is 0 Å². The van der Waals surface area contributed by atoms with Crippen molar-refractivity contribution in [3.8, 4) is 0 Å². The molecule has 1 aliphatic carbocycles. The molecule has 22 heavy (non-hydrogen) atoms. The predicted octanol–water partition coefficient (Wildman–Crippen LogP) is 2.35. The quantitative estimate of drug-likeness (QED) is 0.417. The Labute approximate surface area is 132 Å². The molecule has 1 aromatic rings. The van der Waals surface area contributed by atoms with Gasteiger partial charge in [0.1, 0.15) is 0 Å². The van der Waals surface area contributed by atoms with Crippen molar-refractivity contribution in [1.29, 1.82) is 0 Å². The summed E-state index contributed by atoms with van der Waals surface area (Å²) in [5.41, 5.74) is 9.86. The largest absolute Gasteiger partial charge is 0.382 e. The van der Waals surface area contributed by atoms with Crippen molar-refractivity contribution in [2.45, 2.75) is 32.1 Å². The van der Waals surface area contributed by atoms with Crippen LogP contribution in [0, 0.1) is 0 Å². The molecule has 0 unspecified atom stereocenters.